The van der Waals surface area contributed by atoms with Crippen LogP contribution in [0.2, 0.25) is 0 Å². The van der Waals surface area contributed by atoms with Crippen molar-refractivity contribution in [3.63, 3.8) is 0 Å². The van der Waals surface area contributed by atoms with Crippen molar-refractivity contribution in [2.75, 3.05) is 0 Å². The van der Waals surface area contributed by atoms with Crippen LogP contribution < -0.4 is 0 Å². The fraction of sp³-hybridized carbons (Fsp3) is 0.273. The summed E-state index contributed by atoms with van der Waals surface area (Å²) in [6.45, 7) is 4.11. The zero-order valence-corrected chi connectivity index (χ0v) is 8.41. The Morgan fingerprint density at radius 3 is 2.79 bits per heavy atom. The number of nitrogens with zero attached hydrogens (tertiary/aromatic N) is 2. The average Bonchev–Trinajstić information content (AvgIpc) is 2.61. The lowest BCUT2D eigenvalue weighted by Crippen LogP contribution is -1.84. The second-order valence-corrected chi connectivity index (χ2v) is 3.23. The second kappa shape index (κ2) is 3.62. The number of aromatic nitrogens is 3. The van der Waals surface area contributed by atoms with Gasteiger partial charge in [-0.25, -0.2) is 4.98 Å². The van der Waals surface area contributed by atoms with Crippen molar-refractivity contribution in [3.05, 3.63) is 35.9 Å². The van der Waals surface area contributed by atoms with Crippen LogP contribution in [0.3, 0.4) is 0 Å². The topological polar surface area (TPSA) is 41.6 Å². The maximum Gasteiger partial charge on any atom is 0.110 e. The number of nitrogens with one attached hydrogen (secondary N) is 1. The number of imidazole rings is 1. The molecule has 2 heterocycles. The molecule has 0 amide bonds. The molecule has 2 rings (SSSR count). The third kappa shape index (κ3) is 1.53. The maximum atomic E-state index is 4.48. The van der Waals surface area contributed by atoms with Gasteiger partial charge in [-0.1, -0.05) is 13.0 Å². The molecule has 0 saturated heterocycles. The Hall–Kier alpha value is -1.64. The zero-order chi connectivity index (χ0) is 9.97. The van der Waals surface area contributed by atoms with Gasteiger partial charge in [-0.05, 0) is 19.1 Å². The average molecular weight is 187 g/mol. The van der Waals surface area contributed by atoms with Gasteiger partial charge in [-0.2, -0.15) is 0 Å². The Morgan fingerprint density at radius 1 is 1.36 bits per heavy atom. The molecule has 0 atom stereocenters. The van der Waals surface area contributed by atoms with Crippen LogP contribution in [0.5, 0.6) is 0 Å². The lowest BCUT2D eigenvalue weighted by Gasteiger charge is -1.95. The predicted molar refractivity (Wildman–Crippen MR) is 55.9 cm³/mol. The van der Waals surface area contributed by atoms with Crippen molar-refractivity contribution in [2.45, 2.75) is 20.3 Å². The molecule has 72 valence electrons. The SMILES string of the molecule is CCc1nc(-c2ccccn2)c(C)[nH]1. The molecular formula is C11H13N3. The molecule has 0 unspecified atom stereocenters. The molecule has 1 N–H and O–H groups in total. The third-order valence-electron chi connectivity index (χ3n) is 2.18. The minimum absolute atomic E-state index is 0.924. The van der Waals surface area contributed by atoms with E-state index in [1.54, 1.807) is 6.20 Å². The van der Waals surface area contributed by atoms with E-state index in [-0.39, 0.29) is 0 Å². The van der Waals surface area contributed by atoms with Crippen molar-refractivity contribution in [1.82, 2.24) is 15.0 Å². The second-order valence-electron chi connectivity index (χ2n) is 3.23. The van der Waals surface area contributed by atoms with E-state index >= 15 is 0 Å². The molecule has 0 spiro atoms. The van der Waals surface area contributed by atoms with Gasteiger partial charge in [0.1, 0.15) is 11.5 Å². The minimum atomic E-state index is 0.924. The first kappa shape index (κ1) is 8.94. The van der Waals surface area contributed by atoms with Gasteiger partial charge in [0.2, 0.25) is 0 Å². The normalized spacial score (nSPS) is 10.4. The highest BCUT2D eigenvalue weighted by Gasteiger charge is 2.07. The largest absolute Gasteiger partial charge is 0.346 e. The monoisotopic (exact) mass is 187 g/mol. The zero-order valence-electron chi connectivity index (χ0n) is 8.41. The molecule has 0 bridgehead atoms. The molecule has 3 nitrogen and oxygen atoms in total. The summed E-state index contributed by atoms with van der Waals surface area (Å²) in [5, 5.41) is 0. The Morgan fingerprint density at radius 2 is 2.21 bits per heavy atom. The lowest BCUT2D eigenvalue weighted by molar-refractivity contribution is 0.982. The number of aryl methyl sites for hydroxylation is 2. The van der Waals surface area contributed by atoms with E-state index in [2.05, 4.69) is 21.9 Å². The minimum Gasteiger partial charge on any atom is -0.346 e. The summed E-state index contributed by atoms with van der Waals surface area (Å²) in [7, 11) is 0. The molecule has 2 aromatic heterocycles. The van der Waals surface area contributed by atoms with Crippen LogP contribution in [0.25, 0.3) is 11.4 Å². The highest BCUT2D eigenvalue weighted by molar-refractivity contribution is 5.56. The summed E-state index contributed by atoms with van der Waals surface area (Å²) in [6.07, 6.45) is 2.71. The number of aromatic amines is 1. The molecule has 0 fully saturated rings. The number of hydrogen-bond acceptors (Lipinski definition) is 2. The standard InChI is InChI=1S/C11H13N3/c1-3-10-13-8(2)11(14-10)9-6-4-5-7-12-9/h4-7H,3H2,1-2H3,(H,13,14). The van der Waals surface area contributed by atoms with Gasteiger partial charge in [-0.3, -0.25) is 4.98 Å². The van der Waals surface area contributed by atoms with Gasteiger partial charge >= 0.3 is 0 Å². The summed E-state index contributed by atoms with van der Waals surface area (Å²) < 4.78 is 0. The number of hydrogen-bond donors (Lipinski definition) is 1. The van der Waals surface area contributed by atoms with Gasteiger partial charge in [0.25, 0.3) is 0 Å². The van der Waals surface area contributed by atoms with Gasteiger partial charge in [-0.15, -0.1) is 0 Å². The van der Waals surface area contributed by atoms with Gasteiger partial charge in [0.15, 0.2) is 0 Å². The Labute approximate surface area is 83.2 Å². The molecule has 0 aliphatic carbocycles. The van der Waals surface area contributed by atoms with Crippen LogP contribution >= 0.6 is 0 Å². The molecule has 2 aromatic rings. The Bertz CT molecular complexity index is 417. The van der Waals surface area contributed by atoms with Crippen LogP contribution in [0.1, 0.15) is 18.4 Å². The van der Waals surface area contributed by atoms with Crippen LogP contribution in [-0.4, -0.2) is 15.0 Å². The first-order chi connectivity index (χ1) is 6.81. The van der Waals surface area contributed by atoms with E-state index in [0.717, 1.165) is 29.3 Å². The van der Waals surface area contributed by atoms with Crippen LogP contribution in [-0.2, 0) is 6.42 Å². The number of H-pyrrole nitrogens is 1. The first-order valence-electron chi connectivity index (χ1n) is 4.78. The number of rotatable bonds is 2. The summed E-state index contributed by atoms with van der Waals surface area (Å²) in [6, 6.07) is 5.86. The van der Waals surface area contributed by atoms with Crippen molar-refractivity contribution in [3.8, 4) is 11.4 Å². The van der Waals surface area contributed by atoms with E-state index in [4.69, 9.17) is 0 Å². The quantitative estimate of drug-likeness (QED) is 0.784. The molecule has 0 aromatic carbocycles. The van der Waals surface area contributed by atoms with Crippen LogP contribution in [0, 0.1) is 6.92 Å². The van der Waals surface area contributed by atoms with Crippen molar-refractivity contribution in [2.24, 2.45) is 0 Å². The predicted octanol–water partition coefficient (Wildman–Crippen LogP) is 2.34. The highest BCUT2D eigenvalue weighted by atomic mass is 14.9. The molecular weight excluding hydrogens is 174 g/mol. The highest BCUT2D eigenvalue weighted by Crippen LogP contribution is 2.18. The van der Waals surface area contributed by atoms with E-state index in [1.807, 2.05) is 25.1 Å². The third-order valence-corrected chi connectivity index (χ3v) is 2.18. The summed E-state index contributed by atoms with van der Waals surface area (Å²) in [4.78, 5) is 12.0. The fourth-order valence-electron chi connectivity index (χ4n) is 1.44. The summed E-state index contributed by atoms with van der Waals surface area (Å²) in [5.41, 5.74) is 2.98. The first-order valence-corrected chi connectivity index (χ1v) is 4.78. The van der Waals surface area contributed by atoms with Gasteiger partial charge in [0.05, 0.1) is 5.69 Å². The van der Waals surface area contributed by atoms with Gasteiger partial charge in [0, 0.05) is 18.3 Å². The Kier molecular flexibility index (Phi) is 2.31. The fourth-order valence-corrected chi connectivity index (χ4v) is 1.44. The summed E-state index contributed by atoms with van der Waals surface area (Å²) >= 11 is 0. The Balaban J connectivity index is 2.46. The number of pyridine rings is 1. The van der Waals surface area contributed by atoms with E-state index < -0.39 is 0 Å². The smallest absolute Gasteiger partial charge is 0.110 e. The summed E-state index contributed by atoms with van der Waals surface area (Å²) in [5.74, 6) is 1.02. The molecule has 0 aliphatic rings. The van der Waals surface area contributed by atoms with E-state index in [9.17, 15) is 0 Å². The molecule has 0 aliphatic heterocycles. The molecule has 14 heavy (non-hydrogen) atoms. The lowest BCUT2D eigenvalue weighted by atomic mass is 10.2. The van der Waals surface area contributed by atoms with Crippen LogP contribution in [0.15, 0.2) is 24.4 Å². The van der Waals surface area contributed by atoms with Crippen LogP contribution in [0.4, 0.5) is 0 Å². The molecule has 0 saturated carbocycles. The van der Waals surface area contributed by atoms with Gasteiger partial charge < -0.3 is 4.98 Å². The van der Waals surface area contributed by atoms with E-state index in [1.165, 1.54) is 0 Å². The van der Waals surface area contributed by atoms with Crippen molar-refractivity contribution < 1.29 is 0 Å². The maximum absolute atomic E-state index is 4.48. The molecule has 3 heteroatoms. The molecule has 0 radical (unpaired) electrons. The van der Waals surface area contributed by atoms with Crippen molar-refractivity contribution in [1.29, 1.82) is 0 Å². The van der Waals surface area contributed by atoms with E-state index in [0.29, 0.717) is 0 Å². The van der Waals surface area contributed by atoms with Crippen molar-refractivity contribution >= 4 is 0 Å².